The molecule has 1 aliphatic heterocycles. The zero-order valence-corrected chi connectivity index (χ0v) is 30.0. The van der Waals surface area contributed by atoms with Gasteiger partial charge in [-0.15, -0.1) is 16.4 Å². The van der Waals surface area contributed by atoms with Crippen LogP contribution >= 0.6 is 46.1 Å². The highest BCUT2D eigenvalue weighted by atomic mass is 35.5. The third kappa shape index (κ3) is 6.79. The van der Waals surface area contributed by atoms with Gasteiger partial charge in [-0.25, -0.2) is 9.07 Å². The van der Waals surface area contributed by atoms with E-state index < -0.39 is 11.9 Å². The Bertz CT molecular complexity index is 2230. The van der Waals surface area contributed by atoms with E-state index in [1.165, 1.54) is 18.3 Å². The summed E-state index contributed by atoms with van der Waals surface area (Å²) in [5.41, 5.74) is 4.31. The van der Waals surface area contributed by atoms with Crippen LogP contribution < -0.4 is 10.6 Å². The lowest BCUT2D eigenvalue weighted by Gasteiger charge is -2.40. The Morgan fingerprint density at radius 3 is 2.51 bits per heavy atom. The average Bonchev–Trinajstić information content (AvgIpc) is 3.73. The molecule has 13 heteroatoms. The molecule has 7 rings (SSSR count). The monoisotopic (exact) mass is 732 g/mol. The summed E-state index contributed by atoms with van der Waals surface area (Å²) in [7, 11) is 0. The molecule has 49 heavy (non-hydrogen) atoms. The van der Waals surface area contributed by atoms with Crippen LogP contribution in [0.5, 0.6) is 0 Å². The number of pyridine rings is 1. The Kier molecular flexibility index (Phi) is 9.15. The highest BCUT2D eigenvalue weighted by Crippen LogP contribution is 2.40. The SMILES string of the molecule is CC(C)(C)N1CCC(n2cc([C@@H](Nc3cc(Cl)c4ncc(C#N)c(Nc5ccc(F)c(Cl)c5)c4c3)c3csc4ccc(Cl)cc34)nn2)CC1. The standard InChI is InChI=1S/C36H32Cl3FN8S/c1-36(2,3)47-10-8-24(9-11-47)48-18-31(45-46-48)35(27-19-49-32-7-4-21(37)12-25(27)32)44-23-13-26-33(43-22-5-6-30(40)28(38)14-22)20(16-41)17-42-34(26)29(39)15-23/h4-7,12-15,17-19,24,35,44H,8-11H2,1-3H3,(H,42,43)/t35-/m0/s1. The van der Waals surface area contributed by atoms with Crippen LogP contribution in [0, 0.1) is 17.1 Å². The van der Waals surface area contributed by atoms with Crippen molar-refractivity contribution in [2.24, 2.45) is 0 Å². The van der Waals surface area contributed by atoms with Crippen molar-refractivity contribution in [3.05, 3.63) is 104 Å². The first-order valence-electron chi connectivity index (χ1n) is 15.8. The average molecular weight is 734 g/mol. The molecule has 3 aromatic heterocycles. The molecule has 1 saturated heterocycles. The van der Waals surface area contributed by atoms with E-state index >= 15 is 0 Å². The number of rotatable bonds is 7. The molecule has 0 radical (unpaired) electrons. The van der Waals surface area contributed by atoms with Crippen LogP contribution in [0.1, 0.15) is 62.5 Å². The Balaban J connectivity index is 1.29. The lowest BCUT2D eigenvalue weighted by Crippen LogP contribution is -2.46. The Labute approximate surface area is 302 Å². The van der Waals surface area contributed by atoms with Gasteiger partial charge in [0.15, 0.2) is 0 Å². The minimum Gasteiger partial charge on any atom is -0.373 e. The third-order valence-corrected chi connectivity index (χ3v) is 10.8. The number of nitrogens with zero attached hydrogens (tertiary/aromatic N) is 6. The Morgan fingerprint density at radius 2 is 1.78 bits per heavy atom. The van der Waals surface area contributed by atoms with Crippen molar-refractivity contribution in [1.82, 2.24) is 24.9 Å². The maximum absolute atomic E-state index is 13.9. The number of benzene rings is 3. The predicted octanol–water partition coefficient (Wildman–Crippen LogP) is 10.4. The van der Waals surface area contributed by atoms with Gasteiger partial charge in [-0.2, -0.15) is 5.26 Å². The fourth-order valence-electron chi connectivity index (χ4n) is 6.41. The second-order valence-electron chi connectivity index (χ2n) is 13.2. The van der Waals surface area contributed by atoms with Gasteiger partial charge in [0, 0.05) is 51.3 Å². The van der Waals surface area contributed by atoms with Gasteiger partial charge >= 0.3 is 0 Å². The van der Waals surface area contributed by atoms with Crippen molar-refractivity contribution in [3.8, 4) is 6.07 Å². The molecule has 6 aromatic rings. The van der Waals surface area contributed by atoms with Gasteiger partial charge < -0.3 is 10.6 Å². The number of anilines is 3. The number of thiophene rings is 1. The molecule has 0 spiro atoms. The molecule has 250 valence electrons. The molecule has 1 atom stereocenters. The number of fused-ring (bicyclic) bond motifs is 2. The highest BCUT2D eigenvalue weighted by Gasteiger charge is 2.30. The molecule has 3 aromatic carbocycles. The quantitative estimate of drug-likeness (QED) is 0.169. The zero-order valence-electron chi connectivity index (χ0n) is 26.9. The molecular weight excluding hydrogens is 702 g/mol. The summed E-state index contributed by atoms with van der Waals surface area (Å²) < 4.78 is 17.0. The summed E-state index contributed by atoms with van der Waals surface area (Å²) in [5.74, 6) is -0.539. The Morgan fingerprint density at radius 1 is 1.00 bits per heavy atom. The van der Waals surface area contributed by atoms with Crippen LogP contribution in [0.25, 0.3) is 21.0 Å². The second kappa shape index (κ2) is 13.4. The molecular formula is C36H32Cl3FN8S. The fraction of sp³-hybridized carbons (Fsp3) is 0.278. The lowest BCUT2D eigenvalue weighted by atomic mass is 9.98. The zero-order chi connectivity index (χ0) is 34.4. The molecule has 1 fully saturated rings. The van der Waals surface area contributed by atoms with Crippen LogP contribution in [0.2, 0.25) is 15.1 Å². The molecule has 0 amide bonds. The van der Waals surface area contributed by atoms with E-state index in [9.17, 15) is 9.65 Å². The molecule has 0 aliphatic carbocycles. The number of nitriles is 1. The van der Waals surface area contributed by atoms with Crippen LogP contribution in [0.4, 0.5) is 21.5 Å². The van der Waals surface area contributed by atoms with Gasteiger partial charge in [-0.05, 0) is 98.5 Å². The number of halogens is 4. The van der Waals surface area contributed by atoms with Crippen molar-refractivity contribution in [1.29, 1.82) is 5.26 Å². The van der Waals surface area contributed by atoms with E-state index in [0.717, 1.165) is 47.3 Å². The van der Waals surface area contributed by atoms with Crippen molar-refractivity contribution in [2.75, 3.05) is 23.7 Å². The van der Waals surface area contributed by atoms with Crippen LogP contribution in [-0.4, -0.2) is 43.5 Å². The normalized spacial score (nSPS) is 15.1. The number of hydrogen-bond donors (Lipinski definition) is 2. The maximum Gasteiger partial charge on any atom is 0.141 e. The van der Waals surface area contributed by atoms with E-state index in [0.29, 0.717) is 38.0 Å². The second-order valence-corrected chi connectivity index (χ2v) is 15.4. The number of hydrogen-bond acceptors (Lipinski definition) is 8. The summed E-state index contributed by atoms with van der Waals surface area (Å²) in [5, 5.41) is 31.0. The van der Waals surface area contributed by atoms with E-state index in [1.54, 1.807) is 17.4 Å². The summed E-state index contributed by atoms with van der Waals surface area (Å²) >= 11 is 21.0. The number of nitrogens with one attached hydrogen (secondary N) is 2. The topological polar surface area (TPSA) is 94.7 Å². The van der Waals surface area contributed by atoms with E-state index in [2.05, 4.69) is 58.0 Å². The number of aromatic nitrogens is 4. The van der Waals surface area contributed by atoms with Gasteiger partial charge in [-0.1, -0.05) is 40.0 Å². The van der Waals surface area contributed by atoms with Crippen molar-refractivity contribution in [2.45, 2.75) is 51.2 Å². The third-order valence-electron chi connectivity index (χ3n) is 9.03. The first kappa shape index (κ1) is 33.5. The van der Waals surface area contributed by atoms with Gasteiger partial charge in [0.05, 0.1) is 45.1 Å². The molecule has 1 aliphatic rings. The van der Waals surface area contributed by atoms with Crippen molar-refractivity contribution >= 4 is 84.2 Å². The first-order chi connectivity index (χ1) is 23.5. The van der Waals surface area contributed by atoms with Gasteiger partial charge in [0.1, 0.15) is 17.6 Å². The summed E-state index contributed by atoms with van der Waals surface area (Å²) in [4.78, 5) is 7.00. The summed E-state index contributed by atoms with van der Waals surface area (Å²) in [6.45, 7) is 8.74. The summed E-state index contributed by atoms with van der Waals surface area (Å²) in [6.07, 6.45) is 5.47. The fourth-order valence-corrected chi connectivity index (χ4v) is 7.99. The molecule has 4 heterocycles. The molecule has 0 saturated carbocycles. The minimum absolute atomic E-state index is 0.0407. The van der Waals surface area contributed by atoms with Gasteiger partial charge in [0.2, 0.25) is 0 Å². The largest absolute Gasteiger partial charge is 0.373 e. The molecule has 8 nitrogen and oxygen atoms in total. The molecule has 0 bridgehead atoms. The smallest absolute Gasteiger partial charge is 0.141 e. The van der Waals surface area contributed by atoms with Crippen LogP contribution in [-0.2, 0) is 0 Å². The van der Waals surface area contributed by atoms with E-state index in [-0.39, 0.29) is 22.2 Å². The summed E-state index contributed by atoms with van der Waals surface area (Å²) in [6, 6.07) is 15.9. The molecule has 0 unspecified atom stereocenters. The predicted molar refractivity (Wildman–Crippen MR) is 198 cm³/mol. The van der Waals surface area contributed by atoms with Crippen LogP contribution in [0.3, 0.4) is 0 Å². The van der Waals surface area contributed by atoms with E-state index in [4.69, 9.17) is 39.9 Å². The number of piperidine rings is 1. The minimum atomic E-state index is -0.539. The van der Waals surface area contributed by atoms with Gasteiger partial charge in [0.25, 0.3) is 0 Å². The first-order valence-corrected chi connectivity index (χ1v) is 17.8. The van der Waals surface area contributed by atoms with Crippen molar-refractivity contribution in [3.63, 3.8) is 0 Å². The van der Waals surface area contributed by atoms with Crippen LogP contribution in [0.15, 0.2) is 66.3 Å². The number of likely N-dealkylation sites (tertiary alicyclic amines) is 1. The maximum atomic E-state index is 13.9. The Hall–Kier alpha value is -3.98. The van der Waals surface area contributed by atoms with Gasteiger partial charge in [-0.3, -0.25) is 9.88 Å². The van der Waals surface area contributed by atoms with Crippen molar-refractivity contribution < 1.29 is 4.39 Å². The molecule has 2 N–H and O–H groups in total. The highest BCUT2D eigenvalue weighted by molar-refractivity contribution is 7.17. The van der Waals surface area contributed by atoms with E-state index in [1.807, 2.05) is 41.2 Å². The lowest BCUT2D eigenvalue weighted by molar-refractivity contribution is 0.0866.